The van der Waals surface area contributed by atoms with Gasteiger partial charge in [0.1, 0.15) is 12.4 Å². The second kappa shape index (κ2) is 7.27. The summed E-state index contributed by atoms with van der Waals surface area (Å²) in [5, 5.41) is 8.64. The van der Waals surface area contributed by atoms with Crippen LogP contribution in [0.1, 0.15) is 18.1 Å². The summed E-state index contributed by atoms with van der Waals surface area (Å²) in [6, 6.07) is 3.75. The van der Waals surface area contributed by atoms with Crippen molar-refractivity contribution >= 4 is 0 Å². The van der Waals surface area contributed by atoms with Gasteiger partial charge in [0.25, 0.3) is 0 Å². The van der Waals surface area contributed by atoms with Crippen LogP contribution in [-0.4, -0.2) is 35.9 Å². The summed E-state index contributed by atoms with van der Waals surface area (Å²) in [4.78, 5) is 1.19. The number of aliphatic hydroxyl groups excluding tert-OH is 1. The van der Waals surface area contributed by atoms with Crippen molar-refractivity contribution in [3.63, 3.8) is 0 Å². The first-order valence-corrected chi connectivity index (χ1v) is 6.03. The Morgan fingerprint density at radius 2 is 2.00 bits per heavy atom. The number of nitrogens with zero attached hydrogens (tertiary/aromatic N) is 1. The van der Waals surface area contributed by atoms with Crippen LogP contribution in [0.5, 0.6) is 0 Å². The van der Waals surface area contributed by atoms with Gasteiger partial charge in [-0.3, -0.25) is 4.90 Å². The lowest BCUT2D eigenvalue weighted by molar-refractivity contribution is -0.146. The molecule has 0 fully saturated rings. The molecule has 2 nitrogen and oxygen atoms in total. The van der Waals surface area contributed by atoms with Gasteiger partial charge in [-0.2, -0.15) is 13.2 Å². The van der Waals surface area contributed by atoms with Gasteiger partial charge in [0, 0.05) is 12.1 Å². The van der Waals surface area contributed by atoms with Crippen molar-refractivity contribution in [2.45, 2.75) is 19.6 Å². The van der Waals surface area contributed by atoms with Crippen LogP contribution >= 0.6 is 0 Å². The Labute approximate surface area is 115 Å². The minimum absolute atomic E-state index is 0.0196. The largest absolute Gasteiger partial charge is 0.401 e. The standard InChI is InChI=1S/C14H15F4NO/c1-2-19(10-14(16,17)18)9-12-5-6-13(15)8-11(12)4-3-7-20/h5-6,8,20H,2,7,9-10H2,1H3. The predicted molar refractivity (Wildman–Crippen MR) is 67.4 cm³/mol. The minimum atomic E-state index is -4.28. The van der Waals surface area contributed by atoms with E-state index < -0.39 is 25.1 Å². The molecule has 0 amide bonds. The Bertz CT molecular complexity index is 502. The number of hydrogen-bond donors (Lipinski definition) is 1. The van der Waals surface area contributed by atoms with E-state index >= 15 is 0 Å². The Morgan fingerprint density at radius 3 is 2.55 bits per heavy atom. The molecular formula is C14H15F4NO. The molecule has 0 aliphatic rings. The van der Waals surface area contributed by atoms with Gasteiger partial charge in [-0.05, 0) is 24.2 Å². The highest BCUT2D eigenvalue weighted by Gasteiger charge is 2.30. The van der Waals surface area contributed by atoms with Crippen LogP contribution in [0, 0.1) is 17.7 Å². The van der Waals surface area contributed by atoms with Crippen LogP contribution in [0.25, 0.3) is 0 Å². The quantitative estimate of drug-likeness (QED) is 0.680. The normalized spacial score (nSPS) is 11.3. The molecular weight excluding hydrogens is 274 g/mol. The zero-order valence-corrected chi connectivity index (χ0v) is 11.0. The smallest absolute Gasteiger partial charge is 0.384 e. The molecule has 0 aliphatic heterocycles. The molecule has 20 heavy (non-hydrogen) atoms. The second-order valence-electron chi connectivity index (χ2n) is 4.18. The molecule has 1 aromatic rings. The summed E-state index contributed by atoms with van der Waals surface area (Å²) in [5.74, 6) is 4.40. The van der Waals surface area contributed by atoms with Crippen molar-refractivity contribution in [1.29, 1.82) is 0 Å². The number of alkyl halides is 3. The van der Waals surface area contributed by atoms with Gasteiger partial charge in [-0.15, -0.1) is 0 Å². The Kier molecular flexibility index (Phi) is 5.99. The third-order valence-electron chi connectivity index (χ3n) is 2.62. The fourth-order valence-electron chi connectivity index (χ4n) is 1.71. The summed E-state index contributed by atoms with van der Waals surface area (Å²) in [5.41, 5.74) is 0.790. The molecule has 1 aromatic carbocycles. The van der Waals surface area contributed by atoms with Crippen molar-refractivity contribution in [3.05, 3.63) is 35.1 Å². The van der Waals surface area contributed by atoms with E-state index in [-0.39, 0.29) is 13.1 Å². The molecule has 0 saturated heterocycles. The van der Waals surface area contributed by atoms with E-state index in [0.717, 1.165) is 6.07 Å². The lowest BCUT2D eigenvalue weighted by Gasteiger charge is -2.22. The van der Waals surface area contributed by atoms with Gasteiger partial charge in [-0.1, -0.05) is 24.8 Å². The molecule has 0 unspecified atom stereocenters. The van der Waals surface area contributed by atoms with E-state index in [2.05, 4.69) is 11.8 Å². The van der Waals surface area contributed by atoms with Crippen molar-refractivity contribution in [3.8, 4) is 11.8 Å². The third kappa shape index (κ3) is 5.59. The molecule has 0 aromatic heterocycles. The highest BCUT2D eigenvalue weighted by atomic mass is 19.4. The van der Waals surface area contributed by atoms with Crippen molar-refractivity contribution in [2.75, 3.05) is 19.7 Å². The molecule has 110 valence electrons. The number of aliphatic hydroxyl groups is 1. The first-order chi connectivity index (χ1) is 9.35. The molecule has 0 heterocycles. The maximum Gasteiger partial charge on any atom is 0.401 e. The molecule has 0 spiro atoms. The summed E-state index contributed by atoms with van der Waals surface area (Å²) in [7, 11) is 0. The van der Waals surface area contributed by atoms with E-state index in [1.54, 1.807) is 6.92 Å². The van der Waals surface area contributed by atoms with E-state index in [1.165, 1.54) is 17.0 Å². The highest BCUT2D eigenvalue weighted by molar-refractivity contribution is 5.41. The zero-order valence-electron chi connectivity index (χ0n) is 11.0. The first-order valence-electron chi connectivity index (χ1n) is 6.03. The number of benzene rings is 1. The topological polar surface area (TPSA) is 23.5 Å². The third-order valence-corrected chi connectivity index (χ3v) is 2.62. The molecule has 0 bridgehead atoms. The monoisotopic (exact) mass is 289 g/mol. The van der Waals surface area contributed by atoms with E-state index in [9.17, 15) is 17.6 Å². The Morgan fingerprint density at radius 1 is 1.30 bits per heavy atom. The van der Waals surface area contributed by atoms with Crippen LogP contribution in [-0.2, 0) is 6.54 Å². The second-order valence-corrected chi connectivity index (χ2v) is 4.18. The summed E-state index contributed by atoms with van der Waals surface area (Å²) >= 11 is 0. The summed E-state index contributed by atoms with van der Waals surface area (Å²) in [6.45, 7) is 0.424. The molecule has 1 rings (SSSR count). The van der Waals surface area contributed by atoms with Crippen LogP contribution in [0.15, 0.2) is 18.2 Å². The van der Waals surface area contributed by atoms with Crippen LogP contribution in [0.3, 0.4) is 0 Å². The molecule has 0 atom stereocenters. The Hall–Kier alpha value is -1.58. The highest BCUT2D eigenvalue weighted by Crippen LogP contribution is 2.19. The predicted octanol–water partition coefficient (Wildman–Crippen LogP) is 2.55. The van der Waals surface area contributed by atoms with E-state index in [0.29, 0.717) is 11.1 Å². The Balaban J connectivity index is 2.95. The lowest BCUT2D eigenvalue weighted by Crippen LogP contribution is -2.33. The van der Waals surface area contributed by atoms with Gasteiger partial charge >= 0.3 is 6.18 Å². The van der Waals surface area contributed by atoms with Gasteiger partial charge in [0.15, 0.2) is 0 Å². The molecule has 0 aliphatic carbocycles. The molecule has 1 N–H and O–H groups in total. The van der Waals surface area contributed by atoms with Crippen LogP contribution in [0.2, 0.25) is 0 Å². The summed E-state index contributed by atoms with van der Waals surface area (Å²) < 4.78 is 50.3. The summed E-state index contributed by atoms with van der Waals surface area (Å²) in [6.07, 6.45) is -4.28. The fourth-order valence-corrected chi connectivity index (χ4v) is 1.71. The average Bonchev–Trinajstić information content (AvgIpc) is 2.36. The minimum Gasteiger partial charge on any atom is -0.384 e. The van der Waals surface area contributed by atoms with Crippen LogP contribution < -0.4 is 0 Å². The maximum atomic E-state index is 13.1. The zero-order chi connectivity index (χ0) is 15.2. The van der Waals surface area contributed by atoms with E-state index in [1.807, 2.05) is 0 Å². The average molecular weight is 289 g/mol. The van der Waals surface area contributed by atoms with Crippen LogP contribution in [0.4, 0.5) is 17.6 Å². The first kappa shape index (κ1) is 16.5. The van der Waals surface area contributed by atoms with Gasteiger partial charge < -0.3 is 5.11 Å². The number of rotatable bonds is 4. The van der Waals surface area contributed by atoms with Gasteiger partial charge in [0.05, 0.1) is 6.54 Å². The molecule has 6 heteroatoms. The molecule has 0 radical (unpaired) electrons. The maximum absolute atomic E-state index is 13.1. The lowest BCUT2D eigenvalue weighted by atomic mass is 10.1. The van der Waals surface area contributed by atoms with E-state index in [4.69, 9.17) is 5.11 Å². The SMILES string of the molecule is CCN(Cc1ccc(F)cc1C#CCO)CC(F)(F)F. The van der Waals surface area contributed by atoms with Crippen molar-refractivity contribution < 1.29 is 22.7 Å². The van der Waals surface area contributed by atoms with Gasteiger partial charge in [-0.25, -0.2) is 4.39 Å². The van der Waals surface area contributed by atoms with Gasteiger partial charge in [0.2, 0.25) is 0 Å². The number of hydrogen-bond acceptors (Lipinski definition) is 2. The fraction of sp³-hybridized carbons (Fsp3) is 0.429. The van der Waals surface area contributed by atoms with Crippen molar-refractivity contribution in [2.24, 2.45) is 0 Å². The number of halogens is 4. The van der Waals surface area contributed by atoms with Crippen molar-refractivity contribution in [1.82, 2.24) is 4.90 Å². The molecule has 0 saturated carbocycles.